The van der Waals surface area contributed by atoms with E-state index < -0.39 is 11.9 Å². The predicted octanol–water partition coefficient (Wildman–Crippen LogP) is 1.28. The van der Waals surface area contributed by atoms with Gasteiger partial charge in [-0.1, -0.05) is 6.07 Å². The van der Waals surface area contributed by atoms with Crippen molar-refractivity contribution in [3.05, 3.63) is 29.5 Å². The molecule has 1 aromatic heterocycles. The molecule has 2 N–H and O–H groups in total. The zero-order chi connectivity index (χ0) is 16.1. The first kappa shape index (κ1) is 15.5. The molecule has 0 aliphatic rings. The molecule has 0 unspecified atom stereocenters. The van der Waals surface area contributed by atoms with Gasteiger partial charge in [-0.05, 0) is 24.6 Å². The quantitative estimate of drug-likeness (QED) is 0.772. The maximum Gasteiger partial charge on any atom is 0.361 e. The number of ether oxygens (including phenoxy) is 2. The molecule has 0 radical (unpaired) electrons. The van der Waals surface area contributed by atoms with Gasteiger partial charge < -0.3 is 14.6 Å². The van der Waals surface area contributed by atoms with Crippen LogP contribution in [0.25, 0.3) is 11.3 Å². The molecule has 0 aliphatic carbocycles. The molecule has 2 rings (SSSR count). The van der Waals surface area contributed by atoms with Crippen LogP contribution < -0.4 is 4.74 Å². The van der Waals surface area contributed by atoms with Gasteiger partial charge >= 0.3 is 11.9 Å². The Hall–Kier alpha value is -2.90. The molecular weight excluding hydrogens is 290 g/mol. The predicted molar refractivity (Wildman–Crippen MR) is 75.7 cm³/mol. The Labute approximate surface area is 126 Å². The summed E-state index contributed by atoms with van der Waals surface area (Å²) < 4.78 is 10.2. The largest absolute Gasteiger partial charge is 0.496 e. The molecule has 2 aromatic rings. The maximum absolute atomic E-state index is 11.8. The molecule has 116 valence electrons. The van der Waals surface area contributed by atoms with E-state index >= 15 is 0 Å². The molecule has 0 aliphatic heterocycles. The number of aliphatic carboxylic acids is 1. The Morgan fingerprint density at radius 2 is 2.09 bits per heavy atom. The lowest BCUT2D eigenvalue weighted by atomic mass is 10.0. The average Bonchev–Trinajstić information content (AvgIpc) is 2.96. The van der Waals surface area contributed by atoms with Crippen LogP contribution in [0.15, 0.2) is 18.2 Å². The van der Waals surface area contributed by atoms with Gasteiger partial charge in [-0.3, -0.25) is 4.79 Å². The Kier molecular flexibility index (Phi) is 4.72. The number of carbonyl (C=O) groups is 2. The minimum Gasteiger partial charge on any atom is -0.496 e. The van der Waals surface area contributed by atoms with E-state index in [-0.39, 0.29) is 24.4 Å². The average molecular weight is 305 g/mol. The van der Waals surface area contributed by atoms with E-state index in [1.165, 1.54) is 7.11 Å². The molecule has 0 saturated heterocycles. The van der Waals surface area contributed by atoms with Crippen molar-refractivity contribution in [3.63, 3.8) is 0 Å². The third kappa shape index (κ3) is 3.22. The van der Waals surface area contributed by atoms with Gasteiger partial charge in [-0.25, -0.2) is 4.79 Å². The number of hydrogen-bond acceptors (Lipinski definition) is 6. The number of carbonyl (C=O) groups excluding carboxylic acids is 1. The number of methoxy groups -OCH3 is 1. The number of carboxylic acid groups (broad SMARTS) is 1. The van der Waals surface area contributed by atoms with Crippen molar-refractivity contribution in [1.29, 1.82) is 0 Å². The van der Waals surface area contributed by atoms with E-state index in [0.717, 1.165) is 0 Å². The summed E-state index contributed by atoms with van der Waals surface area (Å²) in [4.78, 5) is 22.6. The van der Waals surface area contributed by atoms with E-state index in [2.05, 4.69) is 15.4 Å². The molecule has 0 saturated carbocycles. The summed E-state index contributed by atoms with van der Waals surface area (Å²) in [6.07, 6.45) is -0.125. The molecule has 0 spiro atoms. The van der Waals surface area contributed by atoms with Crippen LogP contribution in [0.2, 0.25) is 0 Å². The van der Waals surface area contributed by atoms with Crippen LogP contribution in [0.5, 0.6) is 5.75 Å². The molecule has 0 atom stereocenters. The van der Waals surface area contributed by atoms with Crippen molar-refractivity contribution in [3.8, 4) is 17.0 Å². The molecule has 0 bridgehead atoms. The second kappa shape index (κ2) is 6.70. The summed E-state index contributed by atoms with van der Waals surface area (Å²) in [7, 11) is 1.45. The van der Waals surface area contributed by atoms with E-state index in [1.54, 1.807) is 25.1 Å². The van der Waals surface area contributed by atoms with E-state index in [4.69, 9.17) is 14.6 Å². The van der Waals surface area contributed by atoms with Crippen LogP contribution in [-0.4, -0.2) is 46.2 Å². The lowest BCUT2D eigenvalue weighted by molar-refractivity contribution is -0.136. The summed E-state index contributed by atoms with van der Waals surface area (Å²) in [5.41, 5.74) is 1.44. The lowest BCUT2D eigenvalue weighted by Gasteiger charge is -2.09. The highest BCUT2D eigenvalue weighted by Crippen LogP contribution is 2.31. The normalized spacial score (nSPS) is 10.3. The second-order valence-corrected chi connectivity index (χ2v) is 4.35. The Morgan fingerprint density at radius 1 is 1.32 bits per heavy atom. The van der Waals surface area contributed by atoms with Gasteiger partial charge in [0.2, 0.25) is 0 Å². The number of benzene rings is 1. The lowest BCUT2D eigenvalue weighted by Crippen LogP contribution is -2.07. The fourth-order valence-electron chi connectivity index (χ4n) is 1.98. The molecule has 0 amide bonds. The summed E-state index contributed by atoms with van der Waals surface area (Å²) in [6, 6.07) is 4.86. The van der Waals surface area contributed by atoms with Crippen LogP contribution >= 0.6 is 0 Å². The van der Waals surface area contributed by atoms with Crippen molar-refractivity contribution in [2.75, 3.05) is 13.7 Å². The zero-order valence-corrected chi connectivity index (χ0v) is 12.1. The number of H-pyrrole nitrogens is 1. The monoisotopic (exact) mass is 305 g/mol. The molecule has 22 heavy (non-hydrogen) atoms. The molecule has 1 heterocycles. The zero-order valence-electron chi connectivity index (χ0n) is 12.1. The van der Waals surface area contributed by atoms with Gasteiger partial charge in [-0.15, -0.1) is 5.10 Å². The van der Waals surface area contributed by atoms with Gasteiger partial charge in [0.05, 0.1) is 20.1 Å². The number of nitrogens with zero attached hydrogens (tertiary/aromatic N) is 2. The topological polar surface area (TPSA) is 114 Å². The van der Waals surface area contributed by atoms with Crippen molar-refractivity contribution >= 4 is 11.9 Å². The van der Waals surface area contributed by atoms with Crippen molar-refractivity contribution in [2.45, 2.75) is 13.3 Å². The van der Waals surface area contributed by atoms with Crippen molar-refractivity contribution in [2.24, 2.45) is 0 Å². The van der Waals surface area contributed by atoms with E-state index in [9.17, 15) is 9.59 Å². The summed E-state index contributed by atoms with van der Waals surface area (Å²) >= 11 is 0. The Balaban J connectivity index is 2.43. The van der Waals surface area contributed by atoms with Gasteiger partial charge in [0.1, 0.15) is 11.4 Å². The van der Waals surface area contributed by atoms with Crippen LogP contribution in [0.3, 0.4) is 0 Å². The summed E-state index contributed by atoms with van der Waals surface area (Å²) in [5, 5.41) is 19.0. The highest BCUT2D eigenvalue weighted by molar-refractivity contribution is 5.94. The van der Waals surface area contributed by atoms with Crippen molar-refractivity contribution < 1.29 is 24.2 Å². The summed E-state index contributed by atoms with van der Waals surface area (Å²) in [6.45, 7) is 1.92. The van der Waals surface area contributed by atoms with Crippen LogP contribution in [0.1, 0.15) is 23.0 Å². The van der Waals surface area contributed by atoms with Crippen LogP contribution in [0, 0.1) is 0 Å². The molecular formula is C14H15N3O5. The maximum atomic E-state index is 11.8. The Morgan fingerprint density at radius 3 is 2.73 bits per heavy atom. The SMILES string of the molecule is CCOC(=O)c1n[nH]nc1-c1ccc(CC(=O)O)cc1OC. The van der Waals surface area contributed by atoms with E-state index in [1.807, 2.05) is 0 Å². The highest BCUT2D eigenvalue weighted by Gasteiger charge is 2.22. The molecule has 8 nitrogen and oxygen atoms in total. The number of aromatic nitrogens is 3. The minimum absolute atomic E-state index is 0.0473. The van der Waals surface area contributed by atoms with Gasteiger partial charge in [0, 0.05) is 5.56 Å². The Bertz CT molecular complexity index is 696. The number of nitrogens with one attached hydrogen (secondary N) is 1. The van der Waals surface area contributed by atoms with Gasteiger partial charge in [0.25, 0.3) is 0 Å². The number of carboxylic acids is 1. The first-order chi connectivity index (χ1) is 10.6. The number of rotatable bonds is 6. The standard InChI is InChI=1S/C14H15N3O5/c1-3-22-14(20)13-12(15-17-16-13)9-5-4-8(7-11(18)19)6-10(9)21-2/h4-6H,3,7H2,1-2H3,(H,18,19)(H,15,16,17). The van der Waals surface area contributed by atoms with E-state index in [0.29, 0.717) is 16.9 Å². The van der Waals surface area contributed by atoms with Crippen LogP contribution in [0.4, 0.5) is 0 Å². The first-order valence-electron chi connectivity index (χ1n) is 6.53. The minimum atomic E-state index is -0.941. The molecule has 1 aromatic carbocycles. The first-order valence-corrected chi connectivity index (χ1v) is 6.53. The number of esters is 1. The highest BCUT2D eigenvalue weighted by atomic mass is 16.5. The van der Waals surface area contributed by atoms with Gasteiger partial charge in [-0.2, -0.15) is 10.3 Å². The van der Waals surface area contributed by atoms with Crippen LogP contribution in [-0.2, 0) is 16.0 Å². The third-order valence-electron chi connectivity index (χ3n) is 2.89. The fourth-order valence-corrected chi connectivity index (χ4v) is 1.98. The second-order valence-electron chi connectivity index (χ2n) is 4.35. The number of hydrogen-bond donors (Lipinski definition) is 2. The fraction of sp³-hybridized carbons (Fsp3) is 0.286. The van der Waals surface area contributed by atoms with Gasteiger partial charge in [0.15, 0.2) is 5.69 Å². The smallest absolute Gasteiger partial charge is 0.361 e. The number of aromatic amines is 1. The summed E-state index contributed by atoms with van der Waals surface area (Å²) in [5.74, 6) is -1.13. The van der Waals surface area contributed by atoms with Crippen molar-refractivity contribution in [1.82, 2.24) is 15.4 Å². The molecule has 0 fully saturated rings. The molecule has 8 heteroatoms. The third-order valence-corrected chi connectivity index (χ3v) is 2.89.